The van der Waals surface area contributed by atoms with Crippen molar-refractivity contribution >= 4 is 0 Å². The van der Waals surface area contributed by atoms with Crippen molar-refractivity contribution in [2.75, 3.05) is 59.7 Å². The quantitative estimate of drug-likeness (QED) is 0.400. The summed E-state index contributed by atoms with van der Waals surface area (Å²) >= 11 is 0. The van der Waals surface area contributed by atoms with E-state index in [1.54, 1.807) is 0 Å². The normalized spacial score (nSPS) is 25.5. The third kappa shape index (κ3) is 6.58. The molecule has 24 heavy (non-hydrogen) atoms. The Hall–Kier alpha value is -0.840. The van der Waals surface area contributed by atoms with Crippen molar-refractivity contribution in [3.63, 3.8) is 0 Å². The Bertz CT molecular complexity index is 384. The number of unbranched alkanes of at least 4 members (excludes halogenated alkanes) is 6. The van der Waals surface area contributed by atoms with Gasteiger partial charge in [-0.3, -0.25) is 14.3 Å². The van der Waals surface area contributed by atoms with Crippen LogP contribution in [0.15, 0.2) is 25.6 Å². The molecule has 0 aromatic rings. The van der Waals surface area contributed by atoms with Crippen molar-refractivity contribution in [1.29, 1.82) is 0 Å². The molecular formula is C20H39N4+. The lowest BCUT2D eigenvalue weighted by Crippen LogP contribution is -2.37. The summed E-state index contributed by atoms with van der Waals surface area (Å²) in [5, 5.41) is 0. The fourth-order valence-corrected chi connectivity index (χ4v) is 3.85. The molecule has 0 aromatic heterocycles. The van der Waals surface area contributed by atoms with Crippen molar-refractivity contribution in [1.82, 2.24) is 14.7 Å². The minimum atomic E-state index is 1.02. The number of rotatable bonds is 12. The van der Waals surface area contributed by atoms with E-state index in [1.807, 2.05) is 6.20 Å². The van der Waals surface area contributed by atoms with E-state index in [0.29, 0.717) is 0 Å². The van der Waals surface area contributed by atoms with E-state index in [4.69, 9.17) is 0 Å². The standard InChI is InChI=1S/C20H39N4/c1-4-21-15-16-22(19-21)13-11-9-7-6-8-10-12-14-23-17-18-24(3,5-2)20-23/h4-5H,1-2,6-20H2,3H3/q+1. The van der Waals surface area contributed by atoms with Crippen molar-refractivity contribution in [3.8, 4) is 0 Å². The highest BCUT2D eigenvalue weighted by molar-refractivity contribution is 4.78. The van der Waals surface area contributed by atoms with E-state index in [2.05, 4.69) is 41.1 Å². The van der Waals surface area contributed by atoms with E-state index < -0.39 is 0 Å². The predicted molar refractivity (Wildman–Crippen MR) is 103 cm³/mol. The third-order valence-corrected chi connectivity index (χ3v) is 5.68. The molecule has 0 N–H and O–H groups in total. The highest BCUT2D eigenvalue weighted by atomic mass is 15.5. The lowest BCUT2D eigenvalue weighted by molar-refractivity contribution is -0.850. The van der Waals surface area contributed by atoms with Gasteiger partial charge in [0.25, 0.3) is 0 Å². The van der Waals surface area contributed by atoms with Crippen LogP contribution < -0.4 is 0 Å². The molecule has 0 saturated carbocycles. The molecule has 0 bridgehead atoms. The van der Waals surface area contributed by atoms with Crippen LogP contribution in [0.2, 0.25) is 0 Å². The van der Waals surface area contributed by atoms with Gasteiger partial charge < -0.3 is 4.90 Å². The second kappa shape index (κ2) is 10.2. The number of quaternary nitrogens is 1. The number of nitrogens with zero attached hydrogens (tertiary/aromatic N) is 4. The molecule has 4 heteroatoms. The molecule has 0 aromatic carbocycles. The zero-order valence-corrected chi connectivity index (χ0v) is 16.0. The minimum Gasteiger partial charge on any atom is -0.364 e. The van der Waals surface area contributed by atoms with Gasteiger partial charge in [0.2, 0.25) is 0 Å². The Morgan fingerprint density at radius 1 is 0.833 bits per heavy atom. The average molecular weight is 336 g/mol. The smallest absolute Gasteiger partial charge is 0.139 e. The van der Waals surface area contributed by atoms with Crippen LogP contribution >= 0.6 is 0 Å². The number of hydrogen-bond acceptors (Lipinski definition) is 3. The molecule has 2 heterocycles. The van der Waals surface area contributed by atoms with Gasteiger partial charge >= 0.3 is 0 Å². The summed E-state index contributed by atoms with van der Waals surface area (Å²) in [5.74, 6) is 0. The zero-order valence-electron chi connectivity index (χ0n) is 16.0. The van der Waals surface area contributed by atoms with E-state index in [-0.39, 0.29) is 0 Å². The fraction of sp³-hybridized carbons (Fsp3) is 0.800. The molecule has 2 rings (SSSR count). The van der Waals surface area contributed by atoms with Gasteiger partial charge in [-0.1, -0.05) is 38.7 Å². The fourth-order valence-electron chi connectivity index (χ4n) is 3.85. The van der Waals surface area contributed by atoms with Crippen LogP contribution in [0.1, 0.15) is 44.9 Å². The predicted octanol–water partition coefficient (Wildman–Crippen LogP) is 3.30. The van der Waals surface area contributed by atoms with Crippen LogP contribution in [0, 0.1) is 0 Å². The van der Waals surface area contributed by atoms with E-state index in [0.717, 1.165) is 24.4 Å². The van der Waals surface area contributed by atoms with Gasteiger partial charge in [0.15, 0.2) is 0 Å². The van der Waals surface area contributed by atoms with Gasteiger partial charge in [0.1, 0.15) is 6.67 Å². The summed E-state index contributed by atoms with van der Waals surface area (Å²) in [5.41, 5.74) is 0. The molecule has 0 amide bonds. The largest absolute Gasteiger partial charge is 0.364 e. The zero-order chi connectivity index (χ0) is 17.3. The number of hydrogen-bond donors (Lipinski definition) is 0. The molecule has 2 fully saturated rings. The molecule has 2 aliphatic heterocycles. The molecule has 2 aliphatic rings. The topological polar surface area (TPSA) is 9.72 Å². The molecule has 0 spiro atoms. The van der Waals surface area contributed by atoms with Gasteiger partial charge in [-0.05, 0) is 32.2 Å². The van der Waals surface area contributed by atoms with Gasteiger partial charge in [-0.2, -0.15) is 0 Å². The van der Waals surface area contributed by atoms with E-state index in [1.165, 1.54) is 77.7 Å². The molecule has 0 radical (unpaired) electrons. The second-order valence-corrected chi connectivity index (χ2v) is 7.87. The van der Waals surface area contributed by atoms with E-state index in [9.17, 15) is 0 Å². The van der Waals surface area contributed by atoms with Gasteiger partial charge in [-0.15, -0.1) is 0 Å². The summed E-state index contributed by atoms with van der Waals surface area (Å²) in [6.45, 7) is 17.4. The Balaban J connectivity index is 1.36. The van der Waals surface area contributed by atoms with E-state index >= 15 is 0 Å². The Morgan fingerprint density at radius 2 is 1.46 bits per heavy atom. The third-order valence-electron chi connectivity index (χ3n) is 5.68. The summed E-state index contributed by atoms with van der Waals surface area (Å²) < 4.78 is 1.02. The second-order valence-electron chi connectivity index (χ2n) is 7.87. The first-order chi connectivity index (χ1) is 11.6. The van der Waals surface area contributed by atoms with Crippen LogP contribution in [-0.4, -0.2) is 78.8 Å². The first kappa shape index (κ1) is 19.5. The highest BCUT2D eigenvalue weighted by Crippen LogP contribution is 2.15. The van der Waals surface area contributed by atoms with Crippen LogP contribution in [0.25, 0.3) is 0 Å². The summed E-state index contributed by atoms with van der Waals surface area (Å²) in [4.78, 5) is 7.45. The van der Waals surface area contributed by atoms with Crippen molar-refractivity contribution < 1.29 is 4.48 Å². The molecule has 2 saturated heterocycles. The van der Waals surface area contributed by atoms with Crippen molar-refractivity contribution in [2.24, 2.45) is 0 Å². The van der Waals surface area contributed by atoms with Crippen molar-refractivity contribution in [3.05, 3.63) is 25.6 Å². The number of likely N-dealkylation sites (N-methyl/N-ethyl adjacent to an activating group) is 1. The van der Waals surface area contributed by atoms with Crippen LogP contribution in [-0.2, 0) is 0 Å². The molecule has 138 valence electrons. The summed E-state index contributed by atoms with van der Waals surface area (Å²) in [6.07, 6.45) is 13.8. The molecular weight excluding hydrogens is 296 g/mol. The lowest BCUT2D eigenvalue weighted by Gasteiger charge is -2.23. The molecule has 1 unspecified atom stereocenters. The maximum Gasteiger partial charge on any atom is 0.139 e. The van der Waals surface area contributed by atoms with Gasteiger partial charge in [0, 0.05) is 19.6 Å². The average Bonchev–Trinajstić information content (AvgIpc) is 3.20. The first-order valence-corrected chi connectivity index (χ1v) is 9.94. The molecule has 1 atom stereocenters. The van der Waals surface area contributed by atoms with Gasteiger partial charge in [0.05, 0.1) is 33.0 Å². The molecule has 0 aliphatic carbocycles. The van der Waals surface area contributed by atoms with Crippen LogP contribution in [0.4, 0.5) is 0 Å². The maximum absolute atomic E-state index is 3.96. The Morgan fingerprint density at radius 3 is 2.00 bits per heavy atom. The molecule has 4 nitrogen and oxygen atoms in total. The first-order valence-electron chi connectivity index (χ1n) is 9.94. The maximum atomic E-state index is 3.96. The Kier molecular flexibility index (Phi) is 8.30. The lowest BCUT2D eigenvalue weighted by atomic mass is 10.1. The summed E-state index contributed by atoms with van der Waals surface area (Å²) in [6, 6.07) is 0. The monoisotopic (exact) mass is 335 g/mol. The minimum absolute atomic E-state index is 1.02. The Labute approximate surface area is 150 Å². The van der Waals surface area contributed by atoms with Crippen molar-refractivity contribution in [2.45, 2.75) is 44.9 Å². The highest BCUT2D eigenvalue weighted by Gasteiger charge is 2.29. The SMILES string of the molecule is C=CN1CCN(CCCCCCCCCN2CC[N+](C)(C=C)C2)C1. The van der Waals surface area contributed by atoms with Gasteiger partial charge in [-0.25, -0.2) is 0 Å². The van der Waals surface area contributed by atoms with Crippen LogP contribution in [0.5, 0.6) is 0 Å². The summed E-state index contributed by atoms with van der Waals surface area (Å²) in [7, 11) is 2.28. The van der Waals surface area contributed by atoms with Crippen LogP contribution in [0.3, 0.4) is 0 Å².